The van der Waals surface area contributed by atoms with Gasteiger partial charge in [-0.15, -0.1) is 0 Å². The molecule has 0 spiro atoms. The minimum Gasteiger partial charge on any atom is -0.361 e. The maximum atomic E-state index is 6.18. The van der Waals surface area contributed by atoms with Crippen LogP contribution in [0.2, 0.25) is 51.4 Å². The van der Waals surface area contributed by atoms with Crippen molar-refractivity contribution in [3.05, 3.63) is 24.0 Å². The summed E-state index contributed by atoms with van der Waals surface area (Å²) in [5, 5.41) is 4.58. The van der Waals surface area contributed by atoms with E-state index in [2.05, 4.69) is 55.3 Å². The van der Waals surface area contributed by atoms with E-state index in [0.29, 0.717) is 25.3 Å². The van der Waals surface area contributed by atoms with Gasteiger partial charge in [-0.1, -0.05) is 39.3 Å². The number of aromatic nitrogens is 3. The molecular formula is C25H47N5O2Si2. The van der Waals surface area contributed by atoms with E-state index in [0.717, 1.165) is 61.8 Å². The highest BCUT2D eigenvalue weighted by Crippen LogP contribution is 2.36. The first kappa shape index (κ1) is 27.3. The minimum atomic E-state index is -1.14. The van der Waals surface area contributed by atoms with Gasteiger partial charge in [0.15, 0.2) is 5.65 Å². The highest BCUT2D eigenvalue weighted by atomic mass is 28.3. The van der Waals surface area contributed by atoms with Crippen molar-refractivity contribution in [1.82, 2.24) is 14.6 Å². The van der Waals surface area contributed by atoms with Gasteiger partial charge in [0.25, 0.3) is 0 Å². The molecule has 1 fully saturated rings. The van der Waals surface area contributed by atoms with E-state index >= 15 is 0 Å². The monoisotopic (exact) mass is 505 g/mol. The Balaban J connectivity index is 1.78. The first-order valence-corrected chi connectivity index (χ1v) is 20.4. The van der Waals surface area contributed by atoms with Gasteiger partial charge in [0, 0.05) is 53.1 Å². The molecule has 2 aromatic heterocycles. The number of hydrogen-bond acceptors (Lipinski definition) is 6. The molecule has 192 valence electrons. The molecule has 0 aliphatic heterocycles. The molecule has 0 saturated heterocycles. The summed E-state index contributed by atoms with van der Waals surface area (Å²) in [7, 11) is -2.28. The summed E-state index contributed by atoms with van der Waals surface area (Å²) in [4.78, 5) is 7.17. The smallest absolute Gasteiger partial charge is 0.157 e. The summed E-state index contributed by atoms with van der Waals surface area (Å²) < 4.78 is 14.3. The van der Waals surface area contributed by atoms with E-state index in [-0.39, 0.29) is 0 Å². The Morgan fingerprint density at radius 2 is 1.56 bits per heavy atom. The number of nitrogens with zero attached hydrogens (tertiary/aromatic N) is 4. The zero-order chi connectivity index (χ0) is 24.8. The molecule has 0 aromatic carbocycles. The Bertz CT molecular complexity index is 864. The standard InChI is InChI=1S/C25H47N5O2Si2/c1-33(2,3)15-13-31-19-29(20-32-14-16-34(4,5)6)25-17-23(28-24-11-12-27-30(24)25)22-9-7-21(18-26)8-10-22/h11-12,17,21-22H,7-10,13-16,18-20,26H2,1-6H3. The lowest BCUT2D eigenvalue weighted by molar-refractivity contribution is 0.0942. The quantitative estimate of drug-likeness (QED) is 0.223. The summed E-state index contributed by atoms with van der Waals surface area (Å²) in [5.41, 5.74) is 7.98. The van der Waals surface area contributed by atoms with Crippen LogP contribution < -0.4 is 10.6 Å². The Kier molecular flexibility index (Phi) is 9.74. The van der Waals surface area contributed by atoms with Gasteiger partial charge in [-0.25, -0.2) is 4.98 Å². The minimum absolute atomic E-state index is 0.476. The Hall–Kier alpha value is -1.27. The van der Waals surface area contributed by atoms with Gasteiger partial charge < -0.3 is 20.1 Å². The van der Waals surface area contributed by atoms with E-state index in [4.69, 9.17) is 20.2 Å². The van der Waals surface area contributed by atoms with Crippen LogP contribution in [0.15, 0.2) is 18.3 Å². The predicted octanol–water partition coefficient (Wildman–Crippen LogP) is 5.39. The van der Waals surface area contributed by atoms with E-state index < -0.39 is 16.1 Å². The average molecular weight is 506 g/mol. The van der Waals surface area contributed by atoms with Crippen LogP contribution in [0.3, 0.4) is 0 Å². The number of rotatable bonds is 13. The Morgan fingerprint density at radius 1 is 0.971 bits per heavy atom. The van der Waals surface area contributed by atoms with Crippen LogP contribution in [-0.2, 0) is 9.47 Å². The third-order valence-electron chi connectivity index (χ3n) is 6.77. The molecule has 7 nitrogen and oxygen atoms in total. The second-order valence-electron chi connectivity index (χ2n) is 12.3. The van der Waals surface area contributed by atoms with Gasteiger partial charge >= 0.3 is 0 Å². The summed E-state index contributed by atoms with van der Waals surface area (Å²) in [6.07, 6.45) is 6.51. The Labute approximate surface area is 208 Å². The van der Waals surface area contributed by atoms with Gasteiger partial charge in [0.05, 0.1) is 6.20 Å². The molecule has 1 aliphatic rings. The van der Waals surface area contributed by atoms with Crippen molar-refractivity contribution in [3.63, 3.8) is 0 Å². The van der Waals surface area contributed by atoms with Crippen molar-refractivity contribution >= 4 is 27.6 Å². The van der Waals surface area contributed by atoms with Gasteiger partial charge in [0.1, 0.15) is 19.3 Å². The number of ether oxygens (including phenoxy) is 2. The fourth-order valence-electron chi connectivity index (χ4n) is 4.32. The molecule has 2 N–H and O–H groups in total. The number of anilines is 1. The lowest BCUT2D eigenvalue weighted by atomic mass is 9.80. The van der Waals surface area contributed by atoms with Crippen molar-refractivity contribution in [2.24, 2.45) is 11.7 Å². The molecule has 2 heterocycles. The van der Waals surface area contributed by atoms with E-state index in [1.165, 1.54) is 12.8 Å². The fourth-order valence-corrected chi connectivity index (χ4v) is 5.83. The Morgan fingerprint density at radius 3 is 2.09 bits per heavy atom. The molecule has 3 rings (SSSR count). The summed E-state index contributed by atoms with van der Waals surface area (Å²) in [6.45, 7) is 17.7. The van der Waals surface area contributed by atoms with Crippen LogP contribution >= 0.6 is 0 Å². The maximum Gasteiger partial charge on any atom is 0.157 e. The zero-order valence-electron chi connectivity index (χ0n) is 22.3. The third-order valence-corrected chi connectivity index (χ3v) is 10.2. The molecule has 1 saturated carbocycles. The van der Waals surface area contributed by atoms with Gasteiger partial charge in [0.2, 0.25) is 0 Å². The van der Waals surface area contributed by atoms with E-state index in [1.54, 1.807) is 0 Å². The normalized spacial score (nSPS) is 19.6. The van der Waals surface area contributed by atoms with Crippen LogP contribution in [0.1, 0.15) is 37.3 Å². The van der Waals surface area contributed by atoms with Crippen LogP contribution in [-0.4, -0.2) is 64.0 Å². The predicted molar refractivity (Wildman–Crippen MR) is 147 cm³/mol. The molecule has 34 heavy (non-hydrogen) atoms. The average Bonchev–Trinajstić information content (AvgIpc) is 3.25. The van der Waals surface area contributed by atoms with E-state index in [9.17, 15) is 0 Å². The highest BCUT2D eigenvalue weighted by Gasteiger charge is 2.25. The molecule has 0 unspecified atom stereocenters. The molecule has 0 radical (unpaired) electrons. The zero-order valence-corrected chi connectivity index (χ0v) is 24.3. The SMILES string of the molecule is C[Si](C)(C)CCOCN(COCC[Si](C)(C)C)c1cc(C2CCC(CN)CC2)nc2ccnn12. The van der Waals surface area contributed by atoms with Crippen molar-refractivity contribution < 1.29 is 9.47 Å². The van der Waals surface area contributed by atoms with Crippen molar-refractivity contribution in [2.75, 3.05) is 38.1 Å². The number of fused-ring (bicyclic) bond motifs is 1. The topological polar surface area (TPSA) is 77.9 Å². The second kappa shape index (κ2) is 12.1. The van der Waals surface area contributed by atoms with Gasteiger partial charge in [-0.3, -0.25) is 0 Å². The molecular weight excluding hydrogens is 458 g/mol. The first-order chi connectivity index (χ1) is 16.1. The molecule has 0 bridgehead atoms. The lowest BCUT2D eigenvalue weighted by Crippen LogP contribution is -2.33. The number of hydrogen-bond donors (Lipinski definition) is 1. The van der Waals surface area contributed by atoms with Crippen LogP contribution in [0.4, 0.5) is 5.82 Å². The summed E-state index contributed by atoms with van der Waals surface area (Å²) in [5.74, 6) is 2.14. The molecule has 1 aliphatic carbocycles. The first-order valence-electron chi connectivity index (χ1n) is 13.0. The van der Waals surface area contributed by atoms with Gasteiger partial charge in [-0.05, 0) is 50.2 Å². The van der Waals surface area contributed by atoms with Crippen molar-refractivity contribution in [3.8, 4) is 0 Å². The number of nitrogens with two attached hydrogens (primary N) is 1. The van der Waals surface area contributed by atoms with Crippen LogP contribution in [0, 0.1) is 5.92 Å². The molecule has 0 atom stereocenters. The van der Waals surface area contributed by atoms with E-state index in [1.807, 2.05) is 16.8 Å². The van der Waals surface area contributed by atoms with Gasteiger partial charge in [-0.2, -0.15) is 9.61 Å². The third kappa shape index (κ3) is 8.44. The summed E-state index contributed by atoms with van der Waals surface area (Å²) in [6, 6.07) is 6.52. The van der Waals surface area contributed by atoms with Crippen molar-refractivity contribution in [1.29, 1.82) is 0 Å². The fraction of sp³-hybridized carbons (Fsp3) is 0.760. The van der Waals surface area contributed by atoms with Crippen LogP contribution in [0.25, 0.3) is 5.65 Å². The molecule has 0 amide bonds. The van der Waals surface area contributed by atoms with Crippen LogP contribution in [0.5, 0.6) is 0 Å². The lowest BCUT2D eigenvalue weighted by Gasteiger charge is -2.29. The molecule has 2 aromatic rings. The molecule has 9 heteroatoms. The van der Waals surface area contributed by atoms with Crippen molar-refractivity contribution in [2.45, 2.75) is 83.0 Å². The maximum absolute atomic E-state index is 6.18. The summed E-state index contributed by atoms with van der Waals surface area (Å²) >= 11 is 0. The highest BCUT2D eigenvalue weighted by molar-refractivity contribution is 6.76. The largest absolute Gasteiger partial charge is 0.361 e. The second-order valence-corrected chi connectivity index (χ2v) is 23.6.